The van der Waals surface area contributed by atoms with Crippen molar-refractivity contribution in [2.24, 2.45) is 11.3 Å². The highest BCUT2D eigenvalue weighted by atomic mass is 16.5. The Bertz CT molecular complexity index is 211. The highest BCUT2D eigenvalue weighted by Gasteiger charge is 2.43. The molecule has 1 atom stereocenters. The van der Waals surface area contributed by atoms with Gasteiger partial charge in [0.2, 0.25) is 0 Å². The molecule has 0 bridgehead atoms. The number of rotatable bonds is 1. The summed E-state index contributed by atoms with van der Waals surface area (Å²) in [6, 6.07) is 0. The number of carbonyl (C=O) groups is 1. The first-order chi connectivity index (χ1) is 6.26. The molecule has 0 amide bonds. The van der Waals surface area contributed by atoms with Gasteiger partial charge in [-0.15, -0.1) is 0 Å². The van der Waals surface area contributed by atoms with Crippen LogP contribution in [-0.2, 0) is 9.53 Å². The lowest BCUT2D eigenvalue weighted by Gasteiger charge is -2.47. The number of piperidine rings is 1. The first-order valence-electron chi connectivity index (χ1n) is 5.04. The van der Waals surface area contributed by atoms with E-state index in [2.05, 4.69) is 5.32 Å². The predicted molar refractivity (Wildman–Crippen MR) is 49.3 cm³/mol. The Kier molecular flexibility index (Phi) is 2.28. The van der Waals surface area contributed by atoms with Crippen LogP contribution in [-0.4, -0.2) is 26.2 Å². The van der Waals surface area contributed by atoms with Crippen LogP contribution in [0.15, 0.2) is 0 Å². The van der Waals surface area contributed by atoms with Crippen LogP contribution in [0.1, 0.15) is 25.7 Å². The van der Waals surface area contributed by atoms with Gasteiger partial charge in [0.05, 0.1) is 13.0 Å². The Labute approximate surface area is 78.8 Å². The van der Waals surface area contributed by atoms with Crippen molar-refractivity contribution in [2.75, 3.05) is 20.2 Å². The molecule has 1 saturated carbocycles. The molecule has 1 saturated heterocycles. The maximum Gasteiger partial charge on any atom is 0.309 e. The van der Waals surface area contributed by atoms with Gasteiger partial charge in [0, 0.05) is 13.1 Å². The van der Waals surface area contributed by atoms with Crippen molar-refractivity contribution in [3.8, 4) is 0 Å². The van der Waals surface area contributed by atoms with Crippen molar-refractivity contribution < 1.29 is 9.53 Å². The average Bonchev–Trinajstić information content (AvgIpc) is 2.14. The molecule has 0 radical (unpaired) electrons. The summed E-state index contributed by atoms with van der Waals surface area (Å²) in [5.41, 5.74) is 0.442. The second-order valence-corrected chi connectivity index (χ2v) is 4.41. The Morgan fingerprint density at radius 2 is 2.31 bits per heavy atom. The van der Waals surface area contributed by atoms with Gasteiger partial charge in [-0.25, -0.2) is 0 Å². The number of esters is 1. The van der Waals surface area contributed by atoms with Gasteiger partial charge in [0.25, 0.3) is 0 Å². The van der Waals surface area contributed by atoms with Gasteiger partial charge in [-0.3, -0.25) is 4.79 Å². The van der Waals surface area contributed by atoms with Crippen molar-refractivity contribution >= 4 is 5.97 Å². The molecule has 74 valence electrons. The van der Waals surface area contributed by atoms with E-state index < -0.39 is 0 Å². The Balaban J connectivity index is 1.95. The number of ether oxygens (including phenoxy) is 1. The van der Waals surface area contributed by atoms with Crippen LogP contribution in [0.2, 0.25) is 0 Å². The maximum absolute atomic E-state index is 11.3. The van der Waals surface area contributed by atoms with E-state index >= 15 is 0 Å². The van der Waals surface area contributed by atoms with Gasteiger partial charge in [-0.1, -0.05) is 6.42 Å². The van der Waals surface area contributed by atoms with Gasteiger partial charge in [-0.2, -0.15) is 0 Å². The van der Waals surface area contributed by atoms with E-state index in [9.17, 15) is 4.79 Å². The monoisotopic (exact) mass is 183 g/mol. The van der Waals surface area contributed by atoms with E-state index in [0.717, 1.165) is 19.5 Å². The zero-order valence-corrected chi connectivity index (χ0v) is 8.14. The molecular formula is C10H17NO2. The zero-order valence-electron chi connectivity index (χ0n) is 8.14. The second kappa shape index (κ2) is 3.29. The first-order valence-corrected chi connectivity index (χ1v) is 5.04. The molecule has 0 aromatic carbocycles. The van der Waals surface area contributed by atoms with Crippen LogP contribution >= 0.6 is 0 Å². The summed E-state index contributed by atoms with van der Waals surface area (Å²) in [4.78, 5) is 11.3. The minimum absolute atomic E-state index is 0.0431. The lowest BCUT2D eigenvalue weighted by Crippen LogP contribution is -2.50. The minimum Gasteiger partial charge on any atom is -0.469 e. The second-order valence-electron chi connectivity index (χ2n) is 4.41. The largest absolute Gasteiger partial charge is 0.469 e. The van der Waals surface area contributed by atoms with Crippen molar-refractivity contribution in [3.05, 3.63) is 0 Å². The lowest BCUT2D eigenvalue weighted by molar-refractivity contribution is -0.148. The van der Waals surface area contributed by atoms with Gasteiger partial charge in [0.1, 0.15) is 0 Å². The fourth-order valence-corrected chi connectivity index (χ4v) is 2.57. The maximum atomic E-state index is 11.3. The number of nitrogens with one attached hydrogen (secondary N) is 1. The van der Waals surface area contributed by atoms with Crippen LogP contribution in [0.4, 0.5) is 0 Å². The van der Waals surface area contributed by atoms with Crippen LogP contribution in [0.3, 0.4) is 0 Å². The smallest absolute Gasteiger partial charge is 0.309 e. The molecule has 0 aromatic heterocycles. The quantitative estimate of drug-likeness (QED) is 0.615. The minimum atomic E-state index is -0.0431. The molecule has 13 heavy (non-hydrogen) atoms. The van der Waals surface area contributed by atoms with E-state index in [1.54, 1.807) is 0 Å². The third kappa shape index (κ3) is 1.57. The first kappa shape index (κ1) is 9.00. The number of hydrogen-bond acceptors (Lipinski definition) is 3. The van der Waals surface area contributed by atoms with E-state index in [1.165, 1.54) is 26.4 Å². The Morgan fingerprint density at radius 3 is 2.85 bits per heavy atom. The van der Waals surface area contributed by atoms with Crippen molar-refractivity contribution in [2.45, 2.75) is 25.7 Å². The van der Waals surface area contributed by atoms with Gasteiger partial charge >= 0.3 is 5.97 Å². The normalized spacial score (nSPS) is 31.0. The number of carbonyl (C=O) groups excluding carboxylic acids is 1. The molecule has 1 spiro atoms. The fraction of sp³-hybridized carbons (Fsp3) is 0.900. The Morgan fingerprint density at radius 1 is 1.54 bits per heavy atom. The molecule has 2 fully saturated rings. The van der Waals surface area contributed by atoms with Crippen LogP contribution < -0.4 is 5.32 Å². The summed E-state index contributed by atoms with van der Waals surface area (Å²) < 4.78 is 4.77. The summed E-state index contributed by atoms with van der Waals surface area (Å²) in [7, 11) is 1.48. The van der Waals surface area contributed by atoms with Gasteiger partial charge in [0.15, 0.2) is 0 Å². The number of hydrogen-bond donors (Lipinski definition) is 1. The fourth-order valence-electron chi connectivity index (χ4n) is 2.57. The van der Waals surface area contributed by atoms with Gasteiger partial charge < -0.3 is 10.1 Å². The summed E-state index contributed by atoms with van der Waals surface area (Å²) in [6.45, 7) is 1.90. The summed E-state index contributed by atoms with van der Waals surface area (Å²) in [6.07, 6.45) is 4.93. The summed E-state index contributed by atoms with van der Waals surface area (Å²) >= 11 is 0. The van der Waals surface area contributed by atoms with Gasteiger partial charge in [-0.05, 0) is 24.7 Å². The Hall–Kier alpha value is -0.570. The van der Waals surface area contributed by atoms with E-state index in [4.69, 9.17) is 4.74 Å². The van der Waals surface area contributed by atoms with Crippen LogP contribution in [0.5, 0.6) is 0 Å². The molecule has 3 nitrogen and oxygen atoms in total. The molecule has 1 aliphatic carbocycles. The summed E-state index contributed by atoms with van der Waals surface area (Å²) in [5, 5.41) is 3.34. The van der Waals surface area contributed by atoms with Crippen molar-refractivity contribution in [3.63, 3.8) is 0 Å². The molecule has 2 aliphatic rings. The standard InChI is InChI=1S/C10H17NO2/c1-13-9(12)8-5-10(3-2-4-10)7-11-6-8/h8,11H,2-7H2,1H3. The SMILES string of the molecule is COC(=O)C1CNCC2(CCC2)C1. The summed E-state index contributed by atoms with van der Waals surface area (Å²) in [5.74, 6) is 0.0533. The topological polar surface area (TPSA) is 38.3 Å². The average molecular weight is 183 g/mol. The molecular weight excluding hydrogens is 166 g/mol. The molecule has 0 aromatic rings. The van der Waals surface area contributed by atoms with Crippen LogP contribution in [0, 0.1) is 11.3 Å². The molecule has 1 N–H and O–H groups in total. The predicted octanol–water partition coefficient (Wildman–Crippen LogP) is 0.939. The molecule has 2 rings (SSSR count). The van der Waals surface area contributed by atoms with Crippen LogP contribution in [0.25, 0.3) is 0 Å². The molecule has 3 heteroatoms. The van der Waals surface area contributed by atoms with E-state index in [0.29, 0.717) is 5.41 Å². The van der Waals surface area contributed by atoms with E-state index in [1.807, 2.05) is 0 Å². The zero-order chi connectivity index (χ0) is 9.31. The highest BCUT2D eigenvalue weighted by molar-refractivity contribution is 5.72. The third-order valence-electron chi connectivity index (χ3n) is 3.52. The van der Waals surface area contributed by atoms with Crippen molar-refractivity contribution in [1.29, 1.82) is 0 Å². The highest BCUT2D eigenvalue weighted by Crippen LogP contribution is 2.46. The number of methoxy groups -OCH3 is 1. The lowest BCUT2D eigenvalue weighted by atomic mass is 9.62. The molecule has 1 heterocycles. The third-order valence-corrected chi connectivity index (χ3v) is 3.52. The molecule has 1 aliphatic heterocycles. The molecule has 1 unspecified atom stereocenters. The van der Waals surface area contributed by atoms with E-state index in [-0.39, 0.29) is 11.9 Å². The van der Waals surface area contributed by atoms with Crippen molar-refractivity contribution in [1.82, 2.24) is 5.32 Å².